The molecule has 2 rings (SSSR count). The predicted octanol–water partition coefficient (Wildman–Crippen LogP) is 1.36. The molecule has 0 radical (unpaired) electrons. The van der Waals surface area contributed by atoms with E-state index in [1.54, 1.807) is 12.3 Å². The van der Waals surface area contributed by atoms with Crippen LogP contribution in [0.5, 0.6) is 0 Å². The van der Waals surface area contributed by atoms with Gasteiger partial charge in [0.2, 0.25) is 0 Å². The second-order valence-electron chi connectivity index (χ2n) is 2.06. The Morgan fingerprint density at radius 1 is 1.36 bits per heavy atom. The molecule has 0 amide bonds. The number of fused-ring (bicyclic) bond motifs is 1. The quantitative estimate of drug-likeness (QED) is 0.550. The Morgan fingerprint density at radius 3 is 3.36 bits per heavy atom. The largest absolute Gasteiger partial charge is 0.242 e. The molecule has 1 aromatic rings. The molecule has 0 fully saturated rings. The SMILES string of the molecule is C1=CC=Cc2ncncc2N=1. The Hall–Kier alpha value is -1.73. The lowest BCUT2D eigenvalue weighted by molar-refractivity contribution is 1.14. The Balaban J connectivity index is 2.67. The molecular weight excluding hydrogens is 138 g/mol. The van der Waals surface area contributed by atoms with Crippen molar-refractivity contribution in [3.05, 3.63) is 30.4 Å². The highest BCUT2D eigenvalue weighted by Crippen LogP contribution is 2.16. The molecule has 0 bridgehead atoms. The molecule has 2 heterocycles. The van der Waals surface area contributed by atoms with Gasteiger partial charge in [-0.25, -0.2) is 15.0 Å². The lowest BCUT2D eigenvalue weighted by atomic mass is 10.3. The molecule has 0 saturated heterocycles. The fourth-order valence-corrected chi connectivity index (χ4v) is 0.835. The molecule has 0 spiro atoms. The van der Waals surface area contributed by atoms with Gasteiger partial charge in [0, 0.05) is 0 Å². The molecule has 0 aromatic carbocycles. The number of allylic oxidation sites excluding steroid dienone is 2. The number of nitrogens with zero attached hydrogens (tertiary/aromatic N) is 3. The van der Waals surface area contributed by atoms with Gasteiger partial charge in [-0.1, -0.05) is 6.08 Å². The van der Waals surface area contributed by atoms with Crippen molar-refractivity contribution in [1.82, 2.24) is 9.97 Å². The van der Waals surface area contributed by atoms with E-state index in [-0.39, 0.29) is 0 Å². The summed E-state index contributed by atoms with van der Waals surface area (Å²) in [7, 11) is 0. The number of rotatable bonds is 0. The van der Waals surface area contributed by atoms with Crippen LogP contribution in [0.3, 0.4) is 0 Å². The molecule has 1 aliphatic heterocycles. The third kappa shape index (κ3) is 1.09. The zero-order chi connectivity index (χ0) is 7.52. The van der Waals surface area contributed by atoms with Gasteiger partial charge in [0.05, 0.1) is 11.9 Å². The van der Waals surface area contributed by atoms with Gasteiger partial charge in [0.1, 0.15) is 12.0 Å². The first-order valence-corrected chi connectivity index (χ1v) is 3.23. The van der Waals surface area contributed by atoms with Crippen molar-refractivity contribution >= 4 is 17.6 Å². The summed E-state index contributed by atoms with van der Waals surface area (Å²) in [5.41, 5.74) is 1.60. The lowest BCUT2D eigenvalue weighted by Gasteiger charge is -1.92. The van der Waals surface area contributed by atoms with Crippen LogP contribution in [0.1, 0.15) is 5.69 Å². The number of aliphatic imine (C=N–C) groups is 1. The standard InChI is InChI=1S/C8H5N3/c1-2-4-10-8-5-9-6-11-7(8)3-1/h1-3,5-6H. The molecule has 0 aliphatic carbocycles. The van der Waals surface area contributed by atoms with Gasteiger partial charge < -0.3 is 0 Å². The average Bonchev–Trinajstić information content (AvgIpc) is 2.28. The fraction of sp³-hybridized carbons (Fsp3) is 0. The molecule has 0 atom stereocenters. The second-order valence-corrected chi connectivity index (χ2v) is 2.06. The van der Waals surface area contributed by atoms with Crippen molar-refractivity contribution in [2.75, 3.05) is 0 Å². The van der Waals surface area contributed by atoms with Crippen LogP contribution in [0.2, 0.25) is 0 Å². The zero-order valence-electron chi connectivity index (χ0n) is 5.73. The molecule has 3 nitrogen and oxygen atoms in total. The highest BCUT2D eigenvalue weighted by atomic mass is 14.9. The Labute approximate surface area is 63.8 Å². The third-order valence-electron chi connectivity index (χ3n) is 1.33. The van der Waals surface area contributed by atoms with Crippen LogP contribution in [0, 0.1) is 0 Å². The van der Waals surface area contributed by atoms with Gasteiger partial charge in [-0.05, 0) is 18.0 Å². The smallest absolute Gasteiger partial charge is 0.117 e. The molecule has 1 aromatic heterocycles. The van der Waals surface area contributed by atoms with Crippen LogP contribution >= 0.6 is 0 Å². The van der Waals surface area contributed by atoms with Crippen molar-refractivity contribution in [2.45, 2.75) is 0 Å². The van der Waals surface area contributed by atoms with E-state index in [4.69, 9.17) is 0 Å². The van der Waals surface area contributed by atoms with Gasteiger partial charge in [0.15, 0.2) is 0 Å². The summed E-state index contributed by atoms with van der Waals surface area (Å²) in [6, 6.07) is 0. The minimum Gasteiger partial charge on any atom is -0.242 e. The first-order chi connectivity index (χ1) is 5.47. The van der Waals surface area contributed by atoms with E-state index in [1.165, 1.54) is 6.33 Å². The van der Waals surface area contributed by atoms with Crippen LogP contribution in [-0.4, -0.2) is 15.8 Å². The topological polar surface area (TPSA) is 38.1 Å². The van der Waals surface area contributed by atoms with Gasteiger partial charge in [0.25, 0.3) is 0 Å². The molecule has 0 unspecified atom stereocenters. The Bertz CT molecular complexity index is 359. The molecule has 0 saturated carbocycles. The van der Waals surface area contributed by atoms with Gasteiger partial charge in [-0.15, -0.1) is 0 Å². The average molecular weight is 143 g/mol. The monoisotopic (exact) mass is 143 g/mol. The van der Waals surface area contributed by atoms with E-state index in [2.05, 4.69) is 20.8 Å². The van der Waals surface area contributed by atoms with E-state index in [9.17, 15) is 0 Å². The van der Waals surface area contributed by atoms with E-state index >= 15 is 0 Å². The zero-order valence-corrected chi connectivity index (χ0v) is 5.73. The molecule has 52 valence electrons. The van der Waals surface area contributed by atoms with E-state index in [1.807, 2.05) is 12.2 Å². The van der Waals surface area contributed by atoms with E-state index < -0.39 is 0 Å². The van der Waals surface area contributed by atoms with Crippen molar-refractivity contribution in [2.24, 2.45) is 4.99 Å². The van der Waals surface area contributed by atoms with Crippen LogP contribution in [0.4, 0.5) is 5.69 Å². The van der Waals surface area contributed by atoms with Crippen LogP contribution < -0.4 is 0 Å². The molecule has 3 heteroatoms. The first-order valence-electron chi connectivity index (χ1n) is 3.23. The summed E-state index contributed by atoms with van der Waals surface area (Å²) in [5.74, 6) is 2.74. The highest BCUT2D eigenvalue weighted by Gasteiger charge is 1.97. The minimum absolute atomic E-state index is 0.762. The summed E-state index contributed by atoms with van der Waals surface area (Å²) in [6.07, 6.45) is 8.63. The lowest BCUT2D eigenvalue weighted by Crippen LogP contribution is -1.81. The van der Waals surface area contributed by atoms with E-state index in [0.29, 0.717) is 0 Å². The van der Waals surface area contributed by atoms with Crippen molar-refractivity contribution in [3.63, 3.8) is 0 Å². The molecular formula is C8H5N3. The summed E-state index contributed by atoms with van der Waals surface area (Å²) >= 11 is 0. The van der Waals surface area contributed by atoms with Crippen LogP contribution in [0.25, 0.3) is 6.08 Å². The molecule has 1 aliphatic rings. The first kappa shape index (κ1) is 6.01. The Morgan fingerprint density at radius 2 is 2.36 bits per heavy atom. The van der Waals surface area contributed by atoms with Gasteiger partial charge in [-0.2, -0.15) is 0 Å². The normalized spacial score (nSPS) is 12.7. The van der Waals surface area contributed by atoms with E-state index in [0.717, 1.165) is 11.4 Å². The van der Waals surface area contributed by atoms with Crippen LogP contribution in [-0.2, 0) is 0 Å². The maximum absolute atomic E-state index is 4.03. The summed E-state index contributed by atoms with van der Waals surface area (Å²) in [5, 5.41) is 0. The summed E-state index contributed by atoms with van der Waals surface area (Å²) < 4.78 is 0. The summed E-state index contributed by atoms with van der Waals surface area (Å²) in [6.45, 7) is 0. The third-order valence-corrected chi connectivity index (χ3v) is 1.33. The predicted molar refractivity (Wildman–Crippen MR) is 42.7 cm³/mol. The molecule has 0 N–H and O–H groups in total. The number of hydrogen-bond acceptors (Lipinski definition) is 3. The van der Waals surface area contributed by atoms with Crippen molar-refractivity contribution < 1.29 is 0 Å². The minimum atomic E-state index is 0.762. The summed E-state index contributed by atoms with van der Waals surface area (Å²) in [4.78, 5) is 11.9. The van der Waals surface area contributed by atoms with Gasteiger partial charge >= 0.3 is 0 Å². The Kier molecular flexibility index (Phi) is 1.36. The molecule has 11 heavy (non-hydrogen) atoms. The van der Waals surface area contributed by atoms with Crippen molar-refractivity contribution in [1.29, 1.82) is 0 Å². The highest BCUT2D eigenvalue weighted by molar-refractivity contribution is 5.71. The number of aromatic nitrogens is 2. The maximum atomic E-state index is 4.03. The number of hydrogen-bond donors (Lipinski definition) is 0. The van der Waals surface area contributed by atoms with Crippen LogP contribution in [0.15, 0.2) is 29.7 Å². The maximum Gasteiger partial charge on any atom is 0.117 e. The van der Waals surface area contributed by atoms with Gasteiger partial charge in [-0.3, -0.25) is 0 Å². The second kappa shape index (κ2) is 2.48. The fourth-order valence-electron chi connectivity index (χ4n) is 0.835. The van der Waals surface area contributed by atoms with Crippen molar-refractivity contribution in [3.8, 4) is 0 Å².